The normalized spacial score (nSPS) is 15.4. The van der Waals surface area contributed by atoms with E-state index in [1.54, 1.807) is 11.0 Å². The minimum absolute atomic E-state index is 0.0161. The molecule has 1 aromatic carbocycles. The first-order chi connectivity index (χ1) is 14.4. The van der Waals surface area contributed by atoms with Crippen molar-refractivity contribution in [2.24, 2.45) is 5.41 Å². The maximum Gasteiger partial charge on any atom is 0.416 e. The lowest BCUT2D eigenvalue weighted by Gasteiger charge is -2.39. The fraction of sp³-hybridized carbons (Fsp3) is 0.500. The molecule has 2 aromatic rings. The van der Waals surface area contributed by atoms with E-state index in [-0.39, 0.29) is 17.6 Å². The maximum atomic E-state index is 13.1. The van der Waals surface area contributed by atoms with E-state index >= 15 is 0 Å². The van der Waals surface area contributed by atoms with Gasteiger partial charge in [0.2, 0.25) is 5.91 Å². The quantitative estimate of drug-likeness (QED) is 0.629. The van der Waals surface area contributed by atoms with Gasteiger partial charge in [-0.25, -0.2) is 9.97 Å². The Kier molecular flexibility index (Phi) is 6.51. The molecule has 0 spiro atoms. The number of alkyl halides is 4. The average molecular weight is 455 g/mol. The van der Waals surface area contributed by atoms with E-state index in [4.69, 9.17) is 11.6 Å². The van der Waals surface area contributed by atoms with Gasteiger partial charge < -0.3 is 9.80 Å². The van der Waals surface area contributed by atoms with Gasteiger partial charge in [-0.15, -0.1) is 11.6 Å². The molecular weight excluding hydrogens is 429 g/mol. The van der Waals surface area contributed by atoms with Crippen LogP contribution in [0.1, 0.15) is 30.7 Å². The molecule has 3 rings (SSSR count). The molecule has 1 fully saturated rings. The zero-order chi connectivity index (χ0) is 23.0. The largest absolute Gasteiger partial charge is 0.416 e. The van der Waals surface area contributed by atoms with Gasteiger partial charge in [-0.05, 0) is 39.8 Å². The summed E-state index contributed by atoms with van der Waals surface area (Å²) in [6.45, 7) is 9.57. The summed E-state index contributed by atoms with van der Waals surface area (Å²) in [5.74, 6) is 1.20. The van der Waals surface area contributed by atoms with Gasteiger partial charge in [0.25, 0.3) is 0 Å². The highest BCUT2D eigenvalue weighted by Gasteiger charge is 2.34. The molecule has 0 atom stereocenters. The number of anilines is 1. The topological polar surface area (TPSA) is 49.3 Å². The summed E-state index contributed by atoms with van der Waals surface area (Å²) in [6.07, 6.45) is -4.43. The number of carbonyl (C=O) groups excluding carboxylic acids is 1. The molecule has 1 aromatic heterocycles. The molecule has 1 aliphatic heterocycles. The van der Waals surface area contributed by atoms with E-state index in [1.807, 2.05) is 27.7 Å². The predicted octanol–water partition coefficient (Wildman–Crippen LogP) is 4.69. The third-order valence-electron chi connectivity index (χ3n) is 5.59. The molecule has 1 aliphatic rings. The second-order valence-corrected chi connectivity index (χ2v) is 8.72. The van der Waals surface area contributed by atoms with Crippen LogP contribution in [0.2, 0.25) is 0 Å². The lowest BCUT2D eigenvalue weighted by atomic mass is 9.94. The van der Waals surface area contributed by atoms with Gasteiger partial charge in [-0.3, -0.25) is 4.79 Å². The standard InChI is InChI=1S/C22H26ClF3N4O/c1-14-15(2)27-18(16-6-5-7-17(12-16)22(24,25)26)28-19(14)29-8-10-30(11-9-29)20(31)21(3,4)13-23/h5-7,12H,8-11,13H2,1-4H3. The van der Waals surface area contributed by atoms with Crippen molar-refractivity contribution in [2.45, 2.75) is 33.9 Å². The van der Waals surface area contributed by atoms with Crippen LogP contribution < -0.4 is 4.90 Å². The summed E-state index contributed by atoms with van der Waals surface area (Å²) < 4.78 is 39.4. The van der Waals surface area contributed by atoms with E-state index < -0.39 is 17.2 Å². The smallest absolute Gasteiger partial charge is 0.353 e. The number of aryl methyl sites for hydroxylation is 1. The Balaban J connectivity index is 1.86. The van der Waals surface area contributed by atoms with Crippen molar-refractivity contribution in [3.63, 3.8) is 0 Å². The third kappa shape index (κ3) is 4.95. The summed E-state index contributed by atoms with van der Waals surface area (Å²) in [4.78, 5) is 25.6. The highest BCUT2D eigenvalue weighted by atomic mass is 35.5. The second-order valence-electron chi connectivity index (χ2n) is 8.46. The Hall–Kier alpha value is -2.35. The van der Waals surface area contributed by atoms with Crippen molar-refractivity contribution in [1.82, 2.24) is 14.9 Å². The summed E-state index contributed by atoms with van der Waals surface area (Å²) >= 11 is 5.94. The molecule has 5 nitrogen and oxygen atoms in total. The van der Waals surface area contributed by atoms with Crippen LogP contribution in [-0.2, 0) is 11.0 Å². The van der Waals surface area contributed by atoms with Crippen LogP contribution in [0.15, 0.2) is 24.3 Å². The molecule has 0 unspecified atom stereocenters. The molecule has 1 amide bonds. The summed E-state index contributed by atoms with van der Waals surface area (Å²) in [5, 5.41) is 0. The van der Waals surface area contributed by atoms with Crippen molar-refractivity contribution >= 4 is 23.3 Å². The molecule has 2 heterocycles. The van der Waals surface area contributed by atoms with Gasteiger partial charge in [-0.2, -0.15) is 13.2 Å². The number of amides is 1. The highest BCUT2D eigenvalue weighted by molar-refractivity contribution is 6.19. The fourth-order valence-corrected chi connectivity index (χ4v) is 3.61. The number of hydrogen-bond acceptors (Lipinski definition) is 4. The monoisotopic (exact) mass is 454 g/mol. The second kappa shape index (κ2) is 8.65. The minimum Gasteiger partial charge on any atom is -0.353 e. The van der Waals surface area contributed by atoms with Crippen LogP contribution in [0.3, 0.4) is 0 Å². The Morgan fingerprint density at radius 2 is 1.74 bits per heavy atom. The predicted molar refractivity (Wildman–Crippen MR) is 115 cm³/mol. The van der Waals surface area contributed by atoms with E-state index in [2.05, 4.69) is 14.9 Å². The first kappa shape index (κ1) is 23.3. The molecule has 1 saturated heterocycles. The summed E-state index contributed by atoms with van der Waals surface area (Å²) in [6, 6.07) is 5.04. The van der Waals surface area contributed by atoms with Crippen LogP contribution in [0.25, 0.3) is 11.4 Å². The SMILES string of the molecule is Cc1nc(-c2cccc(C(F)(F)F)c2)nc(N2CCN(C(=O)C(C)(C)CCl)CC2)c1C. The van der Waals surface area contributed by atoms with Crippen LogP contribution in [0, 0.1) is 19.3 Å². The molecule has 168 valence electrons. The van der Waals surface area contributed by atoms with Gasteiger partial charge in [0.1, 0.15) is 5.82 Å². The van der Waals surface area contributed by atoms with E-state index in [0.29, 0.717) is 43.3 Å². The molecule has 9 heteroatoms. The zero-order valence-corrected chi connectivity index (χ0v) is 18.8. The van der Waals surface area contributed by atoms with Gasteiger partial charge >= 0.3 is 6.18 Å². The van der Waals surface area contributed by atoms with Gasteiger partial charge in [0, 0.05) is 48.9 Å². The minimum atomic E-state index is -4.43. The molecule has 0 radical (unpaired) electrons. The molecule has 0 N–H and O–H groups in total. The molecule has 0 saturated carbocycles. The lowest BCUT2D eigenvalue weighted by Crippen LogP contribution is -2.53. The number of halogens is 4. The molecule has 31 heavy (non-hydrogen) atoms. The van der Waals surface area contributed by atoms with Gasteiger partial charge in [0.15, 0.2) is 5.82 Å². The van der Waals surface area contributed by atoms with Crippen molar-refractivity contribution in [2.75, 3.05) is 37.0 Å². The number of piperazine rings is 1. The fourth-order valence-electron chi connectivity index (χ4n) is 3.49. The number of nitrogens with zero attached hydrogens (tertiary/aromatic N) is 4. The van der Waals surface area contributed by atoms with Crippen molar-refractivity contribution in [1.29, 1.82) is 0 Å². The number of aromatic nitrogens is 2. The zero-order valence-electron chi connectivity index (χ0n) is 18.1. The molecular formula is C22H26ClF3N4O. The maximum absolute atomic E-state index is 13.1. The molecule has 0 bridgehead atoms. The van der Waals surface area contributed by atoms with E-state index in [1.165, 1.54) is 6.07 Å². The number of benzene rings is 1. The summed E-state index contributed by atoms with van der Waals surface area (Å²) in [7, 11) is 0. The van der Waals surface area contributed by atoms with Crippen molar-refractivity contribution in [3.05, 3.63) is 41.1 Å². The first-order valence-electron chi connectivity index (χ1n) is 10.1. The van der Waals surface area contributed by atoms with Gasteiger partial charge in [-0.1, -0.05) is 12.1 Å². The Labute approximate surface area is 185 Å². The third-order valence-corrected chi connectivity index (χ3v) is 6.26. The average Bonchev–Trinajstić information content (AvgIpc) is 2.74. The van der Waals surface area contributed by atoms with Crippen LogP contribution in [0.4, 0.5) is 19.0 Å². The number of hydrogen-bond donors (Lipinski definition) is 0. The van der Waals surface area contributed by atoms with E-state index in [9.17, 15) is 18.0 Å². The lowest BCUT2D eigenvalue weighted by molar-refractivity contribution is -0.139. The first-order valence-corrected chi connectivity index (χ1v) is 10.6. The van der Waals surface area contributed by atoms with Crippen LogP contribution in [0.5, 0.6) is 0 Å². The Bertz CT molecular complexity index is 970. The van der Waals surface area contributed by atoms with Crippen molar-refractivity contribution < 1.29 is 18.0 Å². The summed E-state index contributed by atoms with van der Waals surface area (Å²) in [5.41, 5.74) is 0.539. The highest BCUT2D eigenvalue weighted by Crippen LogP contribution is 2.32. The van der Waals surface area contributed by atoms with Crippen LogP contribution >= 0.6 is 11.6 Å². The van der Waals surface area contributed by atoms with Crippen molar-refractivity contribution in [3.8, 4) is 11.4 Å². The van der Waals surface area contributed by atoms with E-state index in [0.717, 1.165) is 17.7 Å². The van der Waals surface area contributed by atoms with Crippen LogP contribution in [-0.4, -0.2) is 52.8 Å². The Morgan fingerprint density at radius 3 is 2.32 bits per heavy atom. The Morgan fingerprint density at radius 1 is 1.10 bits per heavy atom. The molecule has 0 aliphatic carbocycles. The number of carbonyl (C=O) groups is 1. The number of rotatable bonds is 4. The van der Waals surface area contributed by atoms with Gasteiger partial charge in [0.05, 0.1) is 11.0 Å².